The molecule has 1 aliphatic heterocycles. The van der Waals surface area contributed by atoms with Gasteiger partial charge in [-0.2, -0.15) is 0 Å². The fourth-order valence-electron chi connectivity index (χ4n) is 0.339. The number of rotatable bonds is 0. The van der Waals surface area contributed by atoms with Crippen LogP contribution in [0.3, 0.4) is 0 Å². The Kier molecular flexibility index (Phi) is 2.77. The molecule has 0 bridgehead atoms. The van der Waals surface area contributed by atoms with E-state index in [1.165, 1.54) is 0 Å². The predicted molar refractivity (Wildman–Crippen MR) is 52.2 cm³/mol. The van der Waals surface area contributed by atoms with Gasteiger partial charge in [0.2, 0.25) is 0 Å². The Hall–Kier alpha value is 1.36. The average Bonchev–Trinajstić information content (AvgIpc) is 1.85. The molecule has 1 unspecified atom stereocenters. The minimum atomic E-state index is 0.0401. The van der Waals surface area contributed by atoms with Gasteiger partial charge in [0.25, 0.3) is 0 Å². The van der Waals surface area contributed by atoms with E-state index >= 15 is 0 Å². The standard InChI is InChI=1S/C3H4S5/c4-2-1-8(6)7-3(2)5/h4-5H,1H2. The highest BCUT2D eigenvalue weighted by Gasteiger charge is 2.12. The zero-order valence-corrected chi connectivity index (χ0v) is 8.06. The Labute approximate surface area is 70.3 Å². The number of hydrogen-bond donors (Lipinski definition) is 2. The lowest BCUT2D eigenvalue weighted by Gasteiger charge is -1.84. The predicted octanol–water partition coefficient (Wildman–Crippen LogP) is 1.76. The van der Waals surface area contributed by atoms with Crippen LogP contribution < -0.4 is 0 Å². The first-order valence-corrected chi connectivity index (χ1v) is 6.42. The van der Waals surface area contributed by atoms with E-state index < -0.39 is 0 Å². The maximum Gasteiger partial charge on any atom is 0.0584 e. The topological polar surface area (TPSA) is 0 Å². The van der Waals surface area contributed by atoms with Gasteiger partial charge in [-0.3, -0.25) is 0 Å². The minimum absolute atomic E-state index is 0.0401. The molecule has 0 aromatic rings. The maximum absolute atomic E-state index is 5.01. The van der Waals surface area contributed by atoms with Gasteiger partial charge < -0.3 is 0 Å². The van der Waals surface area contributed by atoms with Gasteiger partial charge in [-0.1, -0.05) is 8.49 Å². The van der Waals surface area contributed by atoms with E-state index in [0.717, 1.165) is 14.9 Å². The third-order valence-corrected chi connectivity index (χ3v) is 6.00. The molecule has 8 heavy (non-hydrogen) atoms. The molecular weight excluding hydrogens is 196 g/mol. The molecule has 0 N–H and O–H groups in total. The lowest BCUT2D eigenvalue weighted by Crippen LogP contribution is -1.78. The van der Waals surface area contributed by atoms with Gasteiger partial charge in [-0.25, -0.2) is 0 Å². The van der Waals surface area contributed by atoms with Crippen LogP contribution >= 0.6 is 36.1 Å². The molecular formula is C3H4S5. The fraction of sp³-hybridized carbons (Fsp3) is 0.333. The molecule has 0 saturated heterocycles. The van der Waals surface area contributed by atoms with Crippen LogP contribution in [0.5, 0.6) is 0 Å². The van der Waals surface area contributed by atoms with Crippen molar-refractivity contribution in [3.05, 3.63) is 9.14 Å². The van der Waals surface area contributed by atoms with Gasteiger partial charge in [0, 0.05) is 10.7 Å². The van der Waals surface area contributed by atoms with Crippen LogP contribution in [-0.4, -0.2) is 5.75 Å². The molecule has 46 valence electrons. The van der Waals surface area contributed by atoms with Crippen molar-refractivity contribution >= 4 is 55.7 Å². The normalized spacial score (nSPS) is 29.5. The smallest absolute Gasteiger partial charge is 0.0584 e. The molecule has 0 nitrogen and oxygen atoms in total. The van der Waals surface area contributed by atoms with Crippen LogP contribution in [0.4, 0.5) is 0 Å². The second kappa shape index (κ2) is 2.96. The van der Waals surface area contributed by atoms with Gasteiger partial charge in [-0.05, 0) is 22.0 Å². The van der Waals surface area contributed by atoms with E-state index in [-0.39, 0.29) is 8.49 Å². The third-order valence-electron chi connectivity index (χ3n) is 0.673. The summed E-state index contributed by atoms with van der Waals surface area (Å²) in [5.41, 5.74) is 0. The fourth-order valence-corrected chi connectivity index (χ4v) is 6.21. The van der Waals surface area contributed by atoms with Crippen molar-refractivity contribution < 1.29 is 0 Å². The SMILES string of the molecule is S=S1CC(S)=C(S)S1. The quantitative estimate of drug-likeness (QED) is 0.452. The first-order valence-electron chi connectivity index (χ1n) is 1.88. The summed E-state index contributed by atoms with van der Waals surface area (Å²) in [7, 11) is 1.68. The van der Waals surface area contributed by atoms with Crippen LogP contribution in [0, 0.1) is 0 Å². The van der Waals surface area contributed by atoms with E-state index in [2.05, 4.69) is 25.3 Å². The Morgan fingerprint density at radius 3 is 2.38 bits per heavy atom. The van der Waals surface area contributed by atoms with Crippen LogP contribution in [-0.2, 0) is 19.7 Å². The molecule has 1 heterocycles. The van der Waals surface area contributed by atoms with E-state index in [9.17, 15) is 0 Å². The van der Waals surface area contributed by atoms with E-state index in [0.29, 0.717) is 0 Å². The molecule has 0 saturated carbocycles. The van der Waals surface area contributed by atoms with Crippen molar-refractivity contribution in [3.8, 4) is 0 Å². The third kappa shape index (κ3) is 1.67. The summed E-state index contributed by atoms with van der Waals surface area (Å²) in [5, 5.41) is 0. The van der Waals surface area contributed by atoms with Crippen molar-refractivity contribution in [2.24, 2.45) is 0 Å². The molecule has 5 heteroatoms. The molecule has 0 amide bonds. The number of thiol groups is 2. The van der Waals surface area contributed by atoms with Crippen LogP contribution in [0.25, 0.3) is 0 Å². The monoisotopic (exact) mass is 200 g/mol. The van der Waals surface area contributed by atoms with Crippen molar-refractivity contribution in [2.45, 2.75) is 0 Å². The highest BCUT2D eigenvalue weighted by Crippen LogP contribution is 2.36. The number of hydrogen-bond acceptors (Lipinski definition) is 4. The molecule has 0 aromatic carbocycles. The van der Waals surface area contributed by atoms with Crippen molar-refractivity contribution in [2.75, 3.05) is 5.75 Å². The molecule has 0 fully saturated rings. The van der Waals surface area contributed by atoms with Crippen molar-refractivity contribution in [3.63, 3.8) is 0 Å². The first kappa shape index (κ1) is 7.47. The average molecular weight is 200 g/mol. The highest BCUT2D eigenvalue weighted by atomic mass is 33.3. The first-order chi connectivity index (χ1) is 3.70. The Morgan fingerprint density at radius 1 is 1.62 bits per heavy atom. The summed E-state index contributed by atoms with van der Waals surface area (Å²) in [6, 6.07) is 0. The molecule has 0 aliphatic carbocycles. The summed E-state index contributed by atoms with van der Waals surface area (Å²) in [6.45, 7) is 0. The molecule has 1 rings (SSSR count). The summed E-state index contributed by atoms with van der Waals surface area (Å²) < 4.78 is 1.01. The van der Waals surface area contributed by atoms with Crippen molar-refractivity contribution in [1.82, 2.24) is 0 Å². The minimum Gasteiger partial charge on any atom is -0.145 e. The van der Waals surface area contributed by atoms with Gasteiger partial charge >= 0.3 is 0 Å². The second-order valence-electron chi connectivity index (χ2n) is 1.28. The summed E-state index contributed by atoms with van der Waals surface area (Å²) in [6.07, 6.45) is 0. The van der Waals surface area contributed by atoms with Crippen molar-refractivity contribution in [1.29, 1.82) is 0 Å². The van der Waals surface area contributed by atoms with Gasteiger partial charge in [0.15, 0.2) is 0 Å². The lowest BCUT2D eigenvalue weighted by molar-refractivity contribution is 1.77. The maximum atomic E-state index is 5.01. The second-order valence-corrected chi connectivity index (χ2v) is 7.59. The zero-order chi connectivity index (χ0) is 6.15. The molecule has 0 spiro atoms. The highest BCUT2D eigenvalue weighted by molar-refractivity contribution is 8.85. The van der Waals surface area contributed by atoms with Crippen LogP contribution in [0.2, 0.25) is 0 Å². The molecule has 0 radical (unpaired) electrons. The molecule has 1 aliphatic rings. The summed E-state index contributed by atoms with van der Waals surface area (Å²) in [5.74, 6) is 0.932. The Bertz CT molecular complexity index is 141. The van der Waals surface area contributed by atoms with Crippen LogP contribution in [0.15, 0.2) is 9.14 Å². The van der Waals surface area contributed by atoms with E-state index in [4.69, 9.17) is 11.2 Å². The van der Waals surface area contributed by atoms with E-state index in [1.54, 1.807) is 10.8 Å². The lowest BCUT2D eigenvalue weighted by atomic mass is 10.7. The molecule has 0 aromatic heterocycles. The van der Waals surface area contributed by atoms with E-state index in [1.807, 2.05) is 0 Å². The Morgan fingerprint density at radius 2 is 2.25 bits per heavy atom. The van der Waals surface area contributed by atoms with Gasteiger partial charge in [-0.15, -0.1) is 25.3 Å². The largest absolute Gasteiger partial charge is 0.145 e. The van der Waals surface area contributed by atoms with Gasteiger partial charge in [0.05, 0.1) is 4.24 Å². The van der Waals surface area contributed by atoms with Gasteiger partial charge in [0.1, 0.15) is 0 Å². The van der Waals surface area contributed by atoms with Crippen LogP contribution in [0.1, 0.15) is 0 Å². The summed E-state index contributed by atoms with van der Waals surface area (Å²) >= 11 is 13.3. The summed E-state index contributed by atoms with van der Waals surface area (Å²) in [4.78, 5) is 1.05. The molecule has 1 atom stereocenters. The Balaban J connectivity index is 2.73. The zero-order valence-electron chi connectivity index (χ0n) is 3.83.